The molecule has 2 aromatic rings. The fourth-order valence-electron chi connectivity index (χ4n) is 1.45. The molecule has 0 saturated heterocycles. The van der Waals surface area contributed by atoms with Crippen LogP contribution in [-0.4, -0.2) is 7.11 Å². The zero-order valence-electron chi connectivity index (χ0n) is 9.68. The van der Waals surface area contributed by atoms with Crippen LogP contribution in [0.2, 0.25) is 0 Å². The number of nitriles is 1. The molecule has 0 saturated carbocycles. The largest absolute Gasteiger partial charge is 0.497 e. The second-order valence-electron chi connectivity index (χ2n) is 3.53. The fraction of sp³-hybridized carbons (Fsp3) is 0.0714. The maximum Gasteiger partial charge on any atom is 0.124 e. The molecule has 0 unspecified atom stereocenters. The first-order valence-electron chi connectivity index (χ1n) is 5.24. The van der Waals surface area contributed by atoms with Gasteiger partial charge in [0.15, 0.2) is 0 Å². The zero-order valence-corrected chi connectivity index (χ0v) is 10.5. The van der Waals surface area contributed by atoms with Gasteiger partial charge in [-0.2, -0.15) is 5.26 Å². The Morgan fingerprint density at radius 2 is 1.89 bits per heavy atom. The van der Waals surface area contributed by atoms with Crippen LogP contribution in [0.15, 0.2) is 52.3 Å². The Morgan fingerprint density at radius 3 is 2.50 bits per heavy atom. The van der Waals surface area contributed by atoms with E-state index in [1.807, 2.05) is 30.3 Å². The summed E-state index contributed by atoms with van der Waals surface area (Å²) in [6.45, 7) is 0. The van der Waals surface area contributed by atoms with Crippen molar-refractivity contribution in [1.29, 1.82) is 5.26 Å². The molecule has 0 aliphatic carbocycles. The van der Waals surface area contributed by atoms with Gasteiger partial charge in [0.2, 0.25) is 0 Å². The van der Waals surface area contributed by atoms with Gasteiger partial charge in [0.1, 0.15) is 17.6 Å². The van der Waals surface area contributed by atoms with Gasteiger partial charge >= 0.3 is 0 Å². The number of rotatable bonds is 3. The number of benzene rings is 2. The molecule has 90 valence electrons. The smallest absolute Gasteiger partial charge is 0.124 e. The van der Waals surface area contributed by atoms with E-state index in [-0.39, 0.29) is 0 Å². The van der Waals surface area contributed by atoms with Crippen LogP contribution in [0.5, 0.6) is 5.75 Å². The summed E-state index contributed by atoms with van der Waals surface area (Å²) in [5.41, 5.74) is 0.343. The molecule has 0 aliphatic rings. The molecular formula is C14H10FNOS. The topological polar surface area (TPSA) is 33.0 Å². The van der Waals surface area contributed by atoms with Crippen molar-refractivity contribution >= 4 is 11.8 Å². The van der Waals surface area contributed by atoms with Crippen molar-refractivity contribution in [3.8, 4) is 11.8 Å². The Balaban J connectivity index is 2.25. The summed E-state index contributed by atoms with van der Waals surface area (Å²) in [5, 5.41) is 8.95. The van der Waals surface area contributed by atoms with E-state index >= 15 is 0 Å². The van der Waals surface area contributed by atoms with Crippen molar-refractivity contribution in [2.45, 2.75) is 9.79 Å². The Morgan fingerprint density at radius 1 is 1.17 bits per heavy atom. The van der Waals surface area contributed by atoms with E-state index < -0.39 is 5.82 Å². The van der Waals surface area contributed by atoms with E-state index in [1.54, 1.807) is 13.2 Å². The lowest BCUT2D eigenvalue weighted by Crippen LogP contribution is -1.85. The van der Waals surface area contributed by atoms with Gasteiger partial charge in [0, 0.05) is 9.79 Å². The van der Waals surface area contributed by atoms with Crippen LogP contribution in [-0.2, 0) is 0 Å². The van der Waals surface area contributed by atoms with Gasteiger partial charge in [0.05, 0.1) is 12.7 Å². The monoisotopic (exact) mass is 259 g/mol. The highest BCUT2D eigenvalue weighted by Crippen LogP contribution is 2.31. The summed E-state index contributed by atoms with van der Waals surface area (Å²) < 4.78 is 18.1. The van der Waals surface area contributed by atoms with Gasteiger partial charge < -0.3 is 4.74 Å². The first-order chi connectivity index (χ1) is 8.72. The molecule has 2 rings (SSSR count). The third-order valence-corrected chi connectivity index (χ3v) is 3.43. The van der Waals surface area contributed by atoms with Gasteiger partial charge in [-0.3, -0.25) is 0 Å². The normalized spacial score (nSPS) is 9.83. The summed E-state index contributed by atoms with van der Waals surface area (Å²) >= 11 is 1.42. The lowest BCUT2D eigenvalue weighted by molar-refractivity contribution is 0.414. The zero-order chi connectivity index (χ0) is 13.0. The summed E-state index contributed by atoms with van der Waals surface area (Å²) in [6.07, 6.45) is 0. The van der Waals surface area contributed by atoms with E-state index in [1.165, 1.54) is 23.9 Å². The maximum absolute atomic E-state index is 13.0. The Bertz CT molecular complexity index is 590. The lowest BCUT2D eigenvalue weighted by atomic mass is 10.2. The average molecular weight is 259 g/mol. The highest BCUT2D eigenvalue weighted by atomic mass is 32.2. The van der Waals surface area contributed by atoms with Crippen molar-refractivity contribution in [2.75, 3.05) is 7.11 Å². The molecule has 0 N–H and O–H groups in total. The molecule has 0 aliphatic heterocycles. The Labute approximate surface area is 109 Å². The molecule has 0 heterocycles. The van der Waals surface area contributed by atoms with Crippen LogP contribution < -0.4 is 4.74 Å². The third-order valence-electron chi connectivity index (χ3n) is 2.35. The number of ether oxygens (including phenoxy) is 1. The number of methoxy groups -OCH3 is 1. The number of halogens is 1. The van der Waals surface area contributed by atoms with Crippen molar-refractivity contribution in [2.24, 2.45) is 0 Å². The molecule has 0 atom stereocenters. The van der Waals surface area contributed by atoms with Gasteiger partial charge in [-0.05, 0) is 42.5 Å². The molecule has 18 heavy (non-hydrogen) atoms. The maximum atomic E-state index is 13.0. The van der Waals surface area contributed by atoms with E-state index in [2.05, 4.69) is 0 Å². The van der Waals surface area contributed by atoms with E-state index in [9.17, 15) is 4.39 Å². The lowest BCUT2D eigenvalue weighted by Gasteiger charge is -2.05. The van der Waals surface area contributed by atoms with Crippen LogP contribution in [0.1, 0.15) is 5.56 Å². The van der Waals surface area contributed by atoms with Crippen LogP contribution in [0.25, 0.3) is 0 Å². The third kappa shape index (κ3) is 2.82. The minimum Gasteiger partial charge on any atom is -0.497 e. The van der Waals surface area contributed by atoms with E-state index in [0.29, 0.717) is 5.56 Å². The average Bonchev–Trinajstić information content (AvgIpc) is 2.41. The van der Waals surface area contributed by atoms with Crippen LogP contribution in [0.3, 0.4) is 0 Å². The predicted molar refractivity (Wildman–Crippen MR) is 68.2 cm³/mol. The summed E-state index contributed by atoms with van der Waals surface area (Å²) in [5.74, 6) is 0.379. The fourth-order valence-corrected chi connectivity index (χ4v) is 2.33. The quantitative estimate of drug-likeness (QED) is 0.839. The number of hydrogen-bond acceptors (Lipinski definition) is 3. The van der Waals surface area contributed by atoms with Crippen molar-refractivity contribution < 1.29 is 9.13 Å². The van der Waals surface area contributed by atoms with Crippen LogP contribution in [0.4, 0.5) is 4.39 Å². The standard InChI is InChI=1S/C14H10FNOS/c1-17-12-3-5-13(6-4-12)18-14-7-2-11(15)8-10(14)9-16/h2-8H,1H3. The second kappa shape index (κ2) is 5.56. The molecule has 0 radical (unpaired) electrons. The molecule has 0 fully saturated rings. The van der Waals surface area contributed by atoms with Crippen molar-refractivity contribution in [3.63, 3.8) is 0 Å². The van der Waals surface area contributed by atoms with Gasteiger partial charge in [-0.1, -0.05) is 11.8 Å². The number of hydrogen-bond donors (Lipinski definition) is 0. The van der Waals surface area contributed by atoms with Crippen molar-refractivity contribution in [3.05, 3.63) is 53.8 Å². The first-order valence-corrected chi connectivity index (χ1v) is 6.06. The van der Waals surface area contributed by atoms with Crippen LogP contribution >= 0.6 is 11.8 Å². The van der Waals surface area contributed by atoms with Gasteiger partial charge in [-0.25, -0.2) is 4.39 Å². The minimum absolute atomic E-state index is 0.343. The molecule has 0 spiro atoms. The molecule has 4 heteroatoms. The molecule has 0 aromatic heterocycles. The van der Waals surface area contributed by atoms with Gasteiger partial charge in [-0.15, -0.1) is 0 Å². The molecule has 0 amide bonds. The highest BCUT2D eigenvalue weighted by Gasteiger charge is 2.05. The molecule has 2 aromatic carbocycles. The van der Waals surface area contributed by atoms with Crippen molar-refractivity contribution in [1.82, 2.24) is 0 Å². The Kier molecular flexibility index (Phi) is 3.85. The van der Waals surface area contributed by atoms with E-state index in [4.69, 9.17) is 10.00 Å². The SMILES string of the molecule is COc1ccc(Sc2ccc(F)cc2C#N)cc1. The molecule has 0 bridgehead atoms. The van der Waals surface area contributed by atoms with E-state index in [0.717, 1.165) is 15.5 Å². The predicted octanol–water partition coefficient (Wildman–Crippen LogP) is 3.86. The van der Waals surface area contributed by atoms with Gasteiger partial charge in [0.25, 0.3) is 0 Å². The second-order valence-corrected chi connectivity index (χ2v) is 4.65. The minimum atomic E-state index is -0.398. The van der Waals surface area contributed by atoms with Crippen LogP contribution in [0, 0.1) is 17.1 Å². The molecular weight excluding hydrogens is 249 g/mol. The Hall–Kier alpha value is -1.99. The molecule has 2 nitrogen and oxygen atoms in total. The number of nitrogens with zero attached hydrogens (tertiary/aromatic N) is 1. The summed E-state index contributed by atoms with van der Waals surface area (Å²) in [7, 11) is 1.61. The summed E-state index contributed by atoms with van der Waals surface area (Å²) in [4.78, 5) is 1.71. The first kappa shape index (κ1) is 12.5. The highest BCUT2D eigenvalue weighted by molar-refractivity contribution is 7.99. The summed E-state index contributed by atoms with van der Waals surface area (Å²) in [6, 6.07) is 13.7.